The van der Waals surface area contributed by atoms with Gasteiger partial charge in [-0.2, -0.15) is 18.3 Å². The van der Waals surface area contributed by atoms with Gasteiger partial charge in [0.2, 0.25) is 0 Å². The van der Waals surface area contributed by atoms with E-state index in [1.807, 2.05) is 37.4 Å². The summed E-state index contributed by atoms with van der Waals surface area (Å²) < 4.78 is 40.7. The summed E-state index contributed by atoms with van der Waals surface area (Å²) in [6, 6.07) is 20.3. The Morgan fingerprint density at radius 3 is 2.53 bits per heavy atom. The predicted octanol–water partition coefficient (Wildman–Crippen LogP) is 5.78. The van der Waals surface area contributed by atoms with Crippen LogP contribution in [0, 0.1) is 6.92 Å². The topological polar surface area (TPSA) is 46.4 Å². The van der Waals surface area contributed by atoms with Crippen LogP contribution < -0.4 is 5.43 Å². The first-order valence-corrected chi connectivity index (χ1v) is 9.95. The number of nitrogens with one attached hydrogen (secondary N) is 1. The van der Waals surface area contributed by atoms with E-state index in [9.17, 15) is 18.0 Å². The zero-order valence-electron chi connectivity index (χ0n) is 17.2. The first-order valence-electron chi connectivity index (χ1n) is 9.95. The maximum absolute atomic E-state index is 12.9. The highest BCUT2D eigenvalue weighted by Gasteiger charge is 2.30. The second-order valence-electron chi connectivity index (χ2n) is 7.49. The van der Waals surface area contributed by atoms with Crippen LogP contribution in [0.4, 0.5) is 13.2 Å². The molecule has 0 aliphatic rings. The van der Waals surface area contributed by atoms with E-state index in [1.165, 1.54) is 23.9 Å². The van der Waals surface area contributed by atoms with E-state index in [-0.39, 0.29) is 5.56 Å². The number of hydrazone groups is 1. The van der Waals surface area contributed by atoms with E-state index < -0.39 is 17.6 Å². The van der Waals surface area contributed by atoms with Crippen molar-refractivity contribution < 1.29 is 18.0 Å². The number of halogens is 3. The number of aryl methyl sites for hydroxylation is 1. The van der Waals surface area contributed by atoms with Gasteiger partial charge in [0.25, 0.3) is 5.91 Å². The molecule has 32 heavy (non-hydrogen) atoms. The Kier molecular flexibility index (Phi) is 5.81. The summed E-state index contributed by atoms with van der Waals surface area (Å²) in [7, 11) is 0. The number of amides is 1. The van der Waals surface area contributed by atoms with Crippen LogP contribution in [0.15, 0.2) is 84.1 Å². The van der Waals surface area contributed by atoms with Gasteiger partial charge in [-0.15, -0.1) is 0 Å². The molecule has 162 valence electrons. The maximum atomic E-state index is 12.9. The maximum Gasteiger partial charge on any atom is 0.416 e. The van der Waals surface area contributed by atoms with Crippen molar-refractivity contribution in [2.75, 3.05) is 0 Å². The Hall–Kier alpha value is -3.87. The molecule has 1 amide bonds. The number of hydrogen-bond donors (Lipinski definition) is 1. The summed E-state index contributed by atoms with van der Waals surface area (Å²) >= 11 is 0. The highest BCUT2D eigenvalue weighted by atomic mass is 19.4. The number of hydrogen-bond acceptors (Lipinski definition) is 2. The third kappa shape index (κ3) is 4.72. The summed E-state index contributed by atoms with van der Waals surface area (Å²) in [5.74, 6) is -0.712. The van der Waals surface area contributed by atoms with Crippen molar-refractivity contribution in [2.45, 2.75) is 19.6 Å². The third-order valence-electron chi connectivity index (χ3n) is 5.11. The van der Waals surface area contributed by atoms with Gasteiger partial charge >= 0.3 is 6.18 Å². The van der Waals surface area contributed by atoms with Crippen molar-refractivity contribution in [3.63, 3.8) is 0 Å². The van der Waals surface area contributed by atoms with Crippen molar-refractivity contribution in [1.82, 2.24) is 9.99 Å². The molecular weight excluding hydrogens is 415 g/mol. The van der Waals surface area contributed by atoms with E-state index >= 15 is 0 Å². The van der Waals surface area contributed by atoms with Crippen molar-refractivity contribution >= 4 is 23.0 Å². The van der Waals surface area contributed by atoms with E-state index in [4.69, 9.17) is 0 Å². The van der Waals surface area contributed by atoms with E-state index in [0.29, 0.717) is 6.54 Å². The minimum absolute atomic E-state index is 0.112. The van der Waals surface area contributed by atoms with Crippen LogP contribution in [0.25, 0.3) is 10.9 Å². The molecule has 0 fully saturated rings. The Bertz CT molecular complexity index is 1290. The summed E-state index contributed by atoms with van der Waals surface area (Å²) in [6.07, 6.45) is -1.08. The van der Waals surface area contributed by atoms with Gasteiger partial charge in [-0.3, -0.25) is 4.79 Å². The van der Waals surface area contributed by atoms with Gasteiger partial charge in [0.1, 0.15) is 0 Å². The lowest BCUT2D eigenvalue weighted by atomic mass is 10.1. The van der Waals surface area contributed by atoms with Crippen LogP contribution in [0.1, 0.15) is 32.6 Å². The predicted molar refractivity (Wildman–Crippen MR) is 119 cm³/mol. The fraction of sp³-hybridized carbons (Fsp3) is 0.120. The molecule has 0 unspecified atom stereocenters. The molecule has 0 saturated carbocycles. The highest BCUT2D eigenvalue weighted by molar-refractivity contribution is 6.00. The molecule has 1 N–H and O–H groups in total. The summed E-state index contributed by atoms with van der Waals surface area (Å²) in [6.45, 7) is 2.71. The number of nitrogens with zero attached hydrogens (tertiary/aromatic N) is 2. The van der Waals surface area contributed by atoms with E-state index in [1.54, 1.807) is 0 Å². The number of aromatic nitrogens is 1. The zero-order valence-corrected chi connectivity index (χ0v) is 17.2. The van der Waals surface area contributed by atoms with Gasteiger partial charge in [-0.25, -0.2) is 5.43 Å². The molecule has 0 radical (unpaired) electrons. The second kappa shape index (κ2) is 8.70. The summed E-state index contributed by atoms with van der Waals surface area (Å²) in [5.41, 5.74) is 5.46. The van der Waals surface area contributed by atoms with Crippen LogP contribution in [0.5, 0.6) is 0 Å². The average Bonchev–Trinajstić information content (AvgIpc) is 3.12. The summed E-state index contributed by atoms with van der Waals surface area (Å²) in [4.78, 5) is 12.3. The van der Waals surface area contributed by atoms with Crippen LogP contribution in [-0.2, 0) is 12.7 Å². The minimum Gasteiger partial charge on any atom is -0.342 e. The molecule has 7 heteroatoms. The number of para-hydroxylation sites is 1. The fourth-order valence-electron chi connectivity index (χ4n) is 3.46. The Labute approximate surface area is 183 Å². The van der Waals surface area contributed by atoms with Crippen molar-refractivity contribution in [3.05, 3.63) is 107 Å². The SMILES string of the molecule is Cc1ccc(Cn2cc(/C=N\NC(=O)c3cccc(C(F)(F)F)c3)c3ccccc32)cc1. The zero-order chi connectivity index (χ0) is 22.7. The van der Waals surface area contributed by atoms with Crippen LogP contribution in [0.3, 0.4) is 0 Å². The number of rotatable bonds is 5. The lowest BCUT2D eigenvalue weighted by molar-refractivity contribution is -0.137. The molecule has 0 aliphatic carbocycles. The molecule has 0 atom stereocenters. The number of carbonyl (C=O) groups is 1. The third-order valence-corrected chi connectivity index (χ3v) is 5.11. The quantitative estimate of drug-likeness (QED) is 0.313. The normalized spacial score (nSPS) is 11.9. The monoisotopic (exact) mass is 435 g/mol. The van der Waals surface area contributed by atoms with Gasteiger partial charge in [0.15, 0.2) is 0 Å². The molecule has 1 aromatic heterocycles. The van der Waals surface area contributed by atoms with Gasteiger partial charge in [-0.05, 0) is 36.8 Å². The Balaban J connectivity index is 1.54. The largest absolute Gasteiger partial charge is 0.416 e. The smallest absolute Gasteiger partial charge is 0.342 e. The van der Waals surface area contributed by atoms with Gasteiger partial charge in [-0.1, -0.05) is 54.1 Å². The number of fused-ring (bicyclic) bond motifs is 1. The summed E-state index contributed by atoms with van der Waals surface area (Å²) in [5, 5.41) is 4.93. The first kappa shape index (κ1) is 21.4. The van der Waals surface area contributed by atoms with Crippen LogP contribution in [0.2, 0.25) is 0 Å². The number of alkyl halides is 3. The number of benzene rings is 3. The number of carbonyl (C=O) groups excluding carboxylic acids is 1. The van der Waals surface area contributed by atoms with Gasteiger partial charge < -0.3 is 4.57 Å². The second-order valence-corrected chi connectivity index (χ2v) is 7.49. The first-order chi connectivity index (χ1) is 15.3. The molecule has 0 bridgehead atoms. The molecule has 1 heterocycles. The molecule has 0 saturated heterocycles. The van der Waals surface area contributed by atoms with Crippen LogP contribution in [-0.4, -0.2) is 16.7 Å². The van der Waals surface area contributed by atoms with Gasteiger partial charge in [0, 0.05) is 34.8 Å². The van der Waals surface area contributed by atoms with Crippen LogP contribution >= 0.6 is 0 Å². The highest BCUT2D eigenvalue weighted by Crippen LogP contribution is 2.29. The minimum atomic E-state index is -4.52. The molecular formula is C25H20F3N3O. The standard InChI is InChI=1S/C25H20F3N3O/c1-17-9-11-18(12-10-17)15-31-16-20(22-7-2-3-8-23(22)31)14-29-30-24(32)19-5-4-6-21(13-19)25(26,27)28/h2-14,16H,15H2,1H3,(H,30,32)/b29-14-. The lowest BCUT2D eigenvalue weighted by Gasteiger charge is -2.07. The molecule has 4 aromatic rings. The molecule has 4 rings (SSSR count). The fourth-order valence-corrected chi connectivity index (χ4v) is 3.46. The molecule has 3 aromatic carbocycles. The lowest BCUT2D eigenvalue weighted by Crippen LogP contribution is -2.18. The van der Waals surface area contributed by atoms with Gasteiger partial charge in [0.05, 0.1) is 11.8 Å². The molecule has 0 aliphatic heterocycles. The van der Waals surface area contributed by atoms with E-state index in [0.717, 1.165) is 34.2 Å². The van der Waals surface area contributed by atoms with Crippen molar-refractivity contribution in [3.8, 4) is 0 Å². The van der Waals surface area contributed by atoms with Crippen molar-refractivity contribution in [2.24, 2.45) is 5.10 Å². The molecule has 4 nitrogen and oxygen atoms in total. The average molecular weight is 435 g/mol. The van der Waals surface area contributed by atoms with E-state index in [2.05, 4.69) is 39.4 Å². The Morgan fingerprint density at radius 1 is 1.03 bits per heavy atom. The Morgan fingerprint density at radius 2 is 1.78 bits per heavy atom. The molecule has 0 spiro atoms. The van der Waals surface area contributed by atoms with Crippen molar-refractivity contribution in [1.29, 1.82) is 0 Å².